The van der Waals surface area contributed by atoms with Crippen molar-refractivity contribution in [3.05, 3.63) is 83.4 Å². The first-order valence-electron chi connectivity index (χ1n) is 14.4. The maximum Gasteiger partial charge on any atom is 0.264 e. The summed E-state index contributed by atoms with van der Waals surface area (Å²) < 4.78 is 33.5. The van der Waals surface area contributed by atoms with Crippen molar-refractivity contribution in [1.82, 2.24) is 4.72 Å². The number of nitrogens with one attached hydrogen (secondary N) is 1. The van der Waals surface area contributed by atoms with Gasteiger partial charge in [-0.05, 0) is 98.2 Å². The standard InChI is InChI=1S/C32H39ClN2O5S/c1-3-5-15-41(38,39)34-31(37)24-10-13-30-29(18-24)35(19-25-9-8-22(25)17-27(36)4-2)20-32(21-40-30)14-6-7-23-16-26(33)11-12-28(23)32/h3-4,10-13,16,18,22,25,27,36H,1-2,5-9,14-15,17,19-21H2,(H,34,37)/t22-,25-,27-,32-/m0/s1. The summed E-state index contributed by atoms with van der Waals surface area (Å²) in [6.45, 7) is 9.24. The van der Waals surface area contributed by atoms with Gasteiger partial charge in [0.15, 0.2) is 0 Å². The first-order chi connectivity index (χ1) is 19.6. The zero-order valence-electron chi connectivity index (χ0n) is 23.4. The second kappa shape index (κ2) is 12.2. The van der Waals surface area contributed by atoms with Crippen LogP contribution in [0.15, 0.2) is 61.7 Å². The van der Waals surface area contributed by atoms with E-state index < -0.39 is 22.0 Å². The second-order valence-corrected chi connectivity index (χ2v) is 14.0. The zero-order valence-corrected chi connectivity index (χ0v) is 24.9. The van der Waals surface area contributed by atoms with Gasteiger partial charge in [-0.3, -0.25) is 4.79 Å². The van der Waals surface area contributed by atoms with Gasteiger partial charge in [0.1, 0.15) is 5.75 Å². The Hall–Kier alpha value is -2.81. The molecule has 9 heteroatoms. The molecule has 0 unspecified atom stereocenters. The van der Waals surface area contributed by atoms with Gasteiger partial charge in [0.05, 0.1) is 24.2 Å². The summed E-state index contributed by atoms with van der Waals surface area (Å²) in [6, 6.07) is 11.3. The van der Waals surface area contributed by atoms with Gasteiger partial charge in [-0.15, -0.1) is 13.2 Å². The number of hydrogen-bond donors (Lipinski definition) is 2. The molecule has 41 heavy (non-hydrogen) atoms. The maximum atomic E-state index is 13.1. The Balaban J connectivity index is 1.48. The highest BCUT2D eigenvalue weighted by Crippen LogP contribution is 2.46. The fourth-order valence-electron chi connectivity index (χ4n) is 6.62. The predicted molar refractivity (Wildman–Crippen MR) is 163 cm³/mol. The molecule has 2 aromatic carbocycles. The van der Waals surface area contributed by atoms with Gasteiger partial charge < -0.3 is 14.7 Å². The largest absolute Gasteiger partial charge is 0.490 e. The second-order valence-electron chi connectivity index (χ2n) is 11.8. The van der Waals surface area contributed by atoms with Crippen LogP contribution >= 0.6 is 11.6 Å². The van der Waals surface area contributed by atoms with Crippen LogP contribution in [0, 0.1) is 11.8 Å². The lowest BCUT2D eigenvalue weighted by molar-refractivity contribution is 0.0980. The minimum Gasteiger partial charge on any atom is -0.490 e. The number of ether oxygens (including phenoxy) is 1. The Labute approximate surface area is 248 Å². The van der Waals surface area contributed by atoms with Crippen LogP contribution < -0.4 is 14.4 Å². The van der Waals surface area contributed by atoms with E-state index in [2.05, 4.69) is 34.9 Å². The summed E-state index contributed by atoms with van der Waals surface area (Å²) in [6.07, 6.45) is 8.59. The molecule has 0 bridgehead atoms. The third kappa shape index (κ3) is 6.50. The number of hydrogen-bond acceptors (Lipinski definition) is 6. The molecule has 1 fully saturated rings. The van der Waals surface area contributed by atoms with E-state index in [-0.39, 0.29) is 23.2 Å². The quantitative estimate of drug-likeness (QED) is 0.355. The Morgan fingerprint density at radius 1 is 1.22 bits per heavy atom. The van der Waals surface area contributed by atoms with Crippen molar-refractivity contribution in [2.75, 3.05) is 30.3 Å². The minimum atomic E-state index is -3.79. The molecule has 0 saturated heterocycles. The molecule has 1 amide bonds. The summed E-state index contributed by atoms with van der Waals surface area (Å²) in [4.78, 5) is 15.4. The topological polar surface area (TPSA) is 95.9 Å². The number of aliphatic hydroxyl groups is 1. The zero-order chi connectivity index (χ0) is 29.2. The summed E-state index contributed by atoms with van der Waals surface area (Å²) in [5.41, 5.74) is 3.30. The van der Waals surface area contributed by atoms with Gasteiger partial charge in [0.2, 0.25) is 10.0 Å². The molecular weight excluding hydrogens is 560 g/mol. The summed E-state index contributed by atoms with van der Waals surface area (Å²) >= 11 is 6.37. The normalized spacial score (nSPS) is 24.2. The molecule has 2 aliphatic carbocycles. The number of carbonyl (C=O) groups is 1. The molecular formula is C32H39ClN2O5S. The van der Waals surface area contributed by atoms with E-state index in [4.69, 9.17) is 16.3 Å². The average Bonchev–Trinajstić information content (AvgIpc) is 3.09. The highest BCUT2D eigenvalue weighted by atomic mass is 35.5. The number of amides is 1. The monoisotopic (exact) mass is 598 g/mol. The Morgan fingerprint density at radius 3 is 2.76 bits per heavy atom. The number of sulfonamides is 1. The van der Waals surface area contributed by atoms with E-state index in [1.165, 1.54) is 17.2 Å². The van der Waals surface area contributed by atoms with Crippen molar-refractivity contribution in [1.29, 1.82) is 0 Å². The molecule has 3 aliphatic rings. The van der Waals surface area contributed by atoms with Crippen molar-refractivity contribution < 1.29 is 23.1 Å². The van der Waals surface area contributed by atoms with E-state index in [1.54, 1.807) is 24.3 Å². The summed E-state index contributed by atoms with van der Waals surface area (Å²) in [5.74, 6) is 0.566. The number of carbonyl (C=O) groups excluding carboxylic acids is 1. The van der Waals surface area contributed by atoms with Crippen LogP contribution in [0.3, 0.4) is 0 Å². The summed E-state index contributed by atoms with van der Waals surface area (Å²) in [7, 11) is -3.79. The number of aliphatic hydroxyl groups excluding tert-OH is 1. The molecule has 2 aromatic rings. The molecule has 2 N–H and O–H groups in total. The first-order valence-corrected chi connectivity index (χ1v) is 16.4. The number of allylic oxidation sites excluding steroid dienone is 1. The fraction of sp³-hybridized carbons (Fsp3) is 0.469. The molecule has 7 nitrogen and oxygen atoms in total. The van der Waals surface area contributed by atoms with Gasteiger partial charge in [-0.1, -0.05) is 29.8 Å². The first kappa shape index (κ1) is 29.7. The van der Waals surface area contributed by atoms with Crippen molar-refractivity contribution in [3.63, 3.8) is 0 Å². The van der Waals surface area contributed by atoms with Crippen LogP contribution in [0.2, 0.25) is 5.02 Å². The van der Waals surface area contributed by atoms with Crippen molar-refractivity contribution in [2.24, 2.45) is 11.8 Å². The number of halogens is 1. The smallest absolute Gasteiger partial charge is 0.264 e. The molecule has 1 spiro atoms. The van der Waals surface area contributed by atoms with E-state index in [0.29, 0.717) is 37.2 Å². The lowest BCUT2D eigenvalue weighted by Gasteiger charge is -2.45. The molecule has 1 saturated carbocycles. The fourth-order valence-corrected chi connectivity index (χ4v) is 7.80. The summed E-state index contributed by atoms with van der Waals surface area (Å²) in [5, 5.41) is 11.0. The van der Waals surface area contributed by atoms with Crippen LogP contribution in [0.5, 0.6) is 5.75 Å². The molecule has 0 radical (unpaired) electrons. The van der Waals surface area contributed by atoms with E-state index in [9.17, 15) is 18.3 Å². The van der Waals surface area contributed by atoms with Crippen LogP contribution in [-0.4, -0.2) is 51.0 Å². The Morgan fingerprint density at radius 2 is 2.02 bits per heavy atom. The number of anilines is 1. The van der Waals surface area contributed by atoms with E-state index >= 15 is 0 Å². The van der Waals surface area contributed by atoms with Crippen molar-refractivity contribution >= 4 is 33.2 Å². The number of aryl methyl sites for hydroxylation is 1. The van der Waals surface area contributed by atoms with Crippen LogP contribution in [0.4, 0.5) is 5.69 Å². The van der Waals surface area contributed by atoms with Crippen LogP contribution in [0.1, 0.15) is 60.0 Å². The number of rotatable bonds is 10. The molecule has 1 aliphatic heterocycles. The van der Waals surface area contributed by atoms with Gasteiger partial charge in [0.25, 0.3) is 5.91 Å². The highest BCUT2D eigenvalue weighted by Gasteiger charge is 2.43. The predicted octanol–water partition coefficient (Wildman–Crippen LogP) is 5.41. The Kier molecular flexibility index (Phi) is 8.83. The number of nitrogens with zero attached hydrogens (tertiary/aromatic N) is 1. The van der Waals surface area contributed by atoms with E-state index in [0.717, 1.165) is 49.4 Å². The van der Waals surface area contributed by atoms with Crippen LogP contribution in [0.25, 0.3) is 0 Å². The maximum absolute atomic E-state index is 13.1. The molecule has 0 aromatic heterocycles. The molecule has 4 atom stereocenters. The van der Waals surface area contributed by atoms with Gasteiger partial charge in [-0.25, -0.2) is 13.1 Å². The minimum absolute atomic E-state index is 0.200. The SMILES string of the molecule is C=CCCS(=O)(=O)NC(=O)c1ccc2c(c1)N(C[C@@H]1CC[C@H]1C[C@@H](O)C=C)C[C@@]1(CCCc3cc(Cl)ccc31)CO2. The molecule has 1 heterocycles. The van der Waals surface area contributed by atoms with Crippen molar-refractivity contribution in [2.45, 2.75) is 56.5 Å². The van der Waals surface area contributed by atoms with Gasteiger partial charge in [0, 0.05) is 29.1 Å². The Bertz CT molecular complexity index is 1430. The lowest BCUT2D eigenvalue weighted by atomic mass is 9.68. The third-order valence-electron chi connectivity index (χ3n) is 8.98. The van der Waals surface area contributed by atoms with Gasteiger partial charge >= 0.3 is 0 Å². The highest BCUT2D eigenvalue weighted by molar-refractivity contribution is 7.90. The van der Waals surface area contributed by atoms with Gasteiger partial charge in [-0.2, -0.15) is 0 Å². The lowest BCUT2D eigenvalue weighted by Crippen LogP contribution is -2.48. The number of fused-ring (bicyclic) bond motifs is 3. The van der Waals surface area contributed by atoms with Crippen LogP contribution in [-0.2, 0) is 21.9 Å². The van der Waals surface area contributed by atoms with E-state index in [1.807, 2.05) is 6.07 Å². The molecule has 5 rings (SSSR count). The average molecular weight is 599 g/mol. The van der Waals surface area contributed by atoms with Crippen molar-refractivity contribution in [3.8, 4) is 5.75 Å². The number of benzene rings is 2. The molecule has 220 valence electrons. The third-order valence-corrected chi connectivity index (χ3v) is 10.5.